The number of benzene rings is 1. The smallest absolute Gasteiger partial charge is 0.398 e. The van der Waals surface area contributed by atoms with E-state index in [0.717, 1.165) is 10.0 Å². The van der Waals surface area contributed by atoms with Crippen LogP contribution in [0.2, 0.25) is 0 Å². The molecule has 108 valence electrons. The average Bonchev–Trinajstić information content (AvgIpc) is 2.57. The van der Waals surface area contributed by atoms with Gasteiger partial charge in [0.25, 0.3) is 0 Å². The van der Waals surface area contributed by atoms with Crippen LogP contribution in [0.15, 0.2) is 34.5 Å². The second-order valence-electron chi connectivity index (χ2n) is 6.04. The fourth-order valence-corrected chi connectivity index (χ4v) is 2.60. The summed E-state index contributed by atoms with van der Waals surface area (Å²) in [5.74, 6) is 0. The molecule has 0 atom stereocenters. The maximum Gasteiger partial charge on any atom is 0.525 e. The minimum absolute atomic E-state index is 0.379. The molecule has 1 aliphatic rings. The Kier molecular flexibility index (Phi) is 4.16. The summed E-state index contributed by atoms with van der Waals surface area (Å²) in [5, 5.41) is 0. The molecule has 5 heteroatoms. The molecule has 0 radical (unpaired) electrons. The van der Waals surface area contributed by atoms with Crippen molar-refractivity contribution in [2.24, 2.45) is 0 Å². The van der Waals surface area contributed by atoms with Crippen molar-refractivity contribution in [3.05, 3.63) is 40.0 Å². The molecule has 0 spiro atoms. The van der Waals surface area contributed by atoms with Crippen LogP contribution in [0, 0.1) is 0 Å². The lowest BCUT2D eigenvalue weighted by atomic mass is 9.83. The van der Waals surface area contributed by atoms with E-state index in [1.54, 1.807) is 6.92 Å². The fraction of sp³-hybridized carbons (Fsp3) is 0.467. The zero-order valence-electron chi connectivity index (χ0n) is 12.5. The summed E-state index contributed by atoms with van der Waals surface area (Å²) < 4.78 is 27.0. The molecular formula is C15H19BBrFO2. The maximum atomic E-state index is 14.7. The number of hydrogen-bond acceptors (Lipinski definition) is 2. The van der Waals surface area contributed by atoms with Gasteiger partial charge >= 0.3 is 7.12 Å². The molecule has 2 rings (SSSR count). The highest BCUT2D eigenvalue weighted by molar-refractivity contribution is 9.10. The van der Waals surface area contributed by atoms with E-state index in [9.17, 15) is 4.39 Å². The standard InChI is InChI=1S/C15H19BBrFO2/c1-10(11-8-6-7-9-12(11)17)13(18)16-19-14(2,3)15(4,5)20-16/h6-9H,1-5H3. The normalized spacial score (nSPS) is 21.9. The first kappa shape index (κ1) is 15.7. The third kappa shape index (κ3) is 2.71. The third-order valence-electron chi connectivity index (χ3n) is 4.10. The Bertz CT molecular complexity index is 539. The van der Waals surface area contributed by atoms with E-state index in [1.807, 2.05) is 52.0 Å². The molecule has 1 aromatic carbocycles. The van der Waals surface area contributed by atoms with Crippen LogP contribution in [0.5, 0.6) is 0 Å². The van der Waals surface area contributed by atoms with Gasteiger partial charge in [-0.3, -0.25) is 0 Å². The Morgan fingerprint density at radius 2 is 1.60 bits per heavy atom. The molecule has 0 saturated carbocycles. The fourth-order valence-electron chi connectivity index (χ4n) is 2.02. The van der Waals surface area contributed by atoms with Gasteiger partial charge in [-0.15, -0.1) is 0 Å². The van der Waals surface area contributed by atoms with Crippen molar-refractivity contribution >= 4 is 28.6 Å². The van der Waals surface area contributed by atoms with Gasteiger partial charge in [0.05, 0.1) is 11.2 Å². The maximum absolute atomic E-state index is 14.7. The molecule has 1 saturated heterocycles. The van der Waals surface area contributed by atoms with Crippen LogP contribution >= 0.6 is 15.9 Å². The van der Waals surface area contributed by atoms with E-state index in [4.69, 9.17) is 9.31 Å². The van der Waals surface area contributed by atoms with Crippen LogP contribution in [0.4, 0.5) is 4.39 Å². The van der Waals surface area contributed by atoms with Crippen LogP contribution in [0.25, 0.3) is 5.57 Å². The zero-order valence-corrected chi connectivity index (χ0v) is 14.0. The van der Waals surface area contributed by atoms with Crippen molar-refractivity contribution in [1.82, 2.24) is 0 Å². The Balaban J connectivity index is 2.35. The van der Waals surface area contributed by atoms with Crippen LogP contribution in [-0.2, 0) is 9.31 Å². The molecular weight excluding hydrogens is 322 g/mol. The first-order valence-electron chi connectivity index (χ1n) is 6.62. The largest absolute Gasteiger partial charge is 0.525 e. The van der Waals surface area contributed by atoms with Crippen LogP contribution in [0.1, 0.15) is 40.2 Å². The first-order valence-corrected chi connectivity index (χ1v) is 7.42. The molecule has 0 amide bonds. The Morgan fingerprint density at radius 3 is 2.10 bits per heavy atom. The molecule has 2 nitrogen and oxygen atoms in total. The summed E-state index contributed by atoms with van der Waals surface area (Å²) >= 11 is 3.44. The summed E-state index contributed by atoms with van der Waals surface area (Å²) in [5.41, 5.74) is -0.127. The second-order valence-corrected chi connectivity index (χ2v) is 6.90. The number of rotatable bonds is 2. The first-order chi connectivity index (χ1) is 9.16. The molecule has 1 fully saturated rings. The van der Waals surface area contributed by atoms with Gasteiger partial charge in [-0.2, -0.15) is 0 Å². The highest BCUT2D eigenvalue weighted by atomic mass is 79.9. The number of halogens is 2. The summed E-state index contributed by atoms with van der Waals surface area (Å²) in [6.45, 7) is 9.38. The SMILES string of the molecule is CC(=C(F)B1OC(C)(C)C(C)(C)O1)c1ccccc1Br. The molecule has 0 aliphatic carbocycles. The predicted octanol–water partition coefficient (Wildman–Crippen LogP) is 4.78. The van der Waals surface area contributed by atoms with Gasteiger partial charge in [0, 0.05) is 4.47 Å². The van der Waals surface area contributed by atoms with Gasteiger partial charge in [0.15, 0.2) is 0 Å². The van der Waals surface area contributed by atoms with Crippen molar-refractivity contribution in [1.29, 1.82) is 0 Å². The predicted molar refractivity (Wildman–Crippen MR) is 83.9 cm³/mol. The van der Waals surface area contributed by atoms with Gasteiger partial charge in [0.1, 0.15) is 5.73 Å². The lowest BCUT2D eigenvalue weighted by Gasteiger charge is -2.32. The molecule has 0 bridgehead atoms. The summed E-state index contributed by atoms with van der Waals surface area (Å²) in [4.78, 5) is 0. The van der Waals surface area contributed by atoms with E-state index in [-0.39, 0.29) is 5.73 Å². The van der Waals surface area contributed by atoms with E-state index < -0.39 is 18.3 Å². The highest BCUT2D eigenvalue weighted by Gasteiger charge is 2.53. The summed E-state index contributed by atoms with van der Waals surface area (Å²) in [6, 6.07) is 7.52. The molecule has 0 aromatic heterocycles. The molecule has 1 aliphatic heterocycles. The minimum atomic E-state index is -0.952. The zero-order chi connectivity index (χ0) is 15.1. The Hall–Kier alpha value is -0.645. The van der Waals surface area contributed by atoms with Crippen LogP contribution in [-0.4, -0.2) is 18.3 Å². The van der Waals surface area contributed by atoms with Crippen LogP contribution in [0.3, 0.4) is 0 Å². The molecule has 0 N–H and O–H groups in total. The summed E-state index contributed by atoms with van der Waals surface area (Å²) in [6.07, 6.45) is 0. The van der Waals surface area contributed by atoms with Gasteiger partial charge in [-0.05, 0) is 51.8 Å². The minimum Gasteiger partial charge on any atom is -0.398 e. The van der Waals surface area contributed by atoms with E-state index >= 15 is 0 Å². The van der Waals surface area contributed by atoms with E-state index in [1.165, 1.54) is 0 Å². The second kappa shape index (κ2) is 5.28. The van der Waals surface area contributed by atoms with E-state index in [2.05, 4.69) is 15.9 Å². The third-order valence-corrected chi connectivity index (χ3v) is 4.79. The van der Waals surface area contributed by atoms with Gasteiger partial charge in [0.2, 0.25) is 0 Å². The van der Waals surface area contributed by atoms with Crippen molar-refractivity contribution in [2.45, 2.75) is 45.8 Å². The molecule has 1 aromatic rings. The lowest BCUT2D eigenvalue weighted by Crippen LogP contribution is -2.41. The van der Waals surface area contributed by atoms with Crippen molar-refractivity contribution in [3.8, 4) is 0 Å². The van der Waals surface area contributed by atoms with Gasteiger partial charge < -0.3 is 9.31 Å². The molecule has 20 heavy (non-hydrogen) atoms. The summed E-state index contributed by atoms with van der Waals surface area (Å²) in [7, 11) is -0.952. The van der Waals surface area contributed by atoms with Crippen molar-refractivity contribution in [3.63, 3.8) is 0 Å². The van der Waals surface area contributed by atoms with Crippen molar-refractivity contribution in [2.75, 3.05) is 0 Å². The molecule has 1 heterocycles. The highest BCUT2D eigenvalue weighted by Crippen LogP contribution is 2.40. The molecule has 0 unspecified atom stereocenters. The van der Waals surface area contributed by atoms with Crippen molar-refractivity contribution < 1.29 is 13.7 Å². The van der Waals surface area contributed by atoms with E-state index in [0.29, 0.717) is 5.57 Å². The Labute approximate surface area is 128 Å². The number of allylic oxidation sites excluding steroid dienone is 1. The van der Waals surface area contributed by atoms with Gasteiger partial charge in [-0.1, -0.05) is 34.1 Å². The quantitative estimate of drug-likeness (QED) is 0.721. The lowest BCUT2D eigenvalue weighted by molar-refractivity contribution is 0.00578. The average molecular weight is 341 g/mol. The Morgan fingerprint density at radius 1 is 1.10 bits per heavy atom. The topological polar surface area (TPSA) is 18.5 Å². The van der Waals surface area contributed by atoms with Crippen LogP contribution < -0.4 is 0 Å². The van der Waals surface area contributed by atoms with Gasteiger partial charge in [-0.25, -0.2) is 4.39 Å². The number of hydrogen-bond donors (Lipinski definition) is 0. The monoisotopic (exact) mass is 340 g/mol.